The summed E-state index contributed by atoms with van der Waals surface area (Å²) in [5.74, 6) is -2.45. The molecule has 132 valence electrons. The molecule has 1 N–H and O–H groups in total. The van der Waals surface area contributed by atoms with Gasteiger partial charge in [-0.05, 0) is 17.5 Å². The van der Waals surface area contributed by atoms with Gasteiger partial charge in [0.15, 0.2) is 0 Å². The van der Waals surface area contributed by atoms with E-state index in [2.05, 4.69) is 6.07 Å². The van der Waals surface area contributed by atoms with Gasteiger partial charge < -0.3 is 24.1 Å². The third-order valence-electron chi connectivity index (χ3n) is 5.12. The minimum atomic E-state index is -1.25. The Labute approximate surface area is 147 Å². The maximum atomic E-state index is 9.34. The molecule has 25 heavy (non-hydrogen) atoms. The monoisotopic (exact) mass is 342 g/mol. The van der Waals surface area contributed by atoms with Crippen LogP contribution in [0, 0.1) is 0 Å². The van der Waals surface area contributed by atoms with Crippen molar-refractivity contribution in [2.45, 2.75) is 24.1 Å². The fourth-order valence-corrected chi connectivity index (χ4v) is 4.04. The van der Waals surface area contributed by atoms with Gasteiger partial charge in [0.25, 0.3) is 11.6 Å². The molecule has 0 amide bonds. The Morgan fingerprint density at radius 2 is 1.52 bits per heavy atom. The van der Waals surface area contributed by atoms with Gasteiger partial charge in [0.2, 0.25) is 0 Å². The predicted molar refractivity (Wildman–Crippen MR) is 91.8 cm³/mol. The largest absolute Gasteiger partial charge is 0.396 e. The summed E-state index contributed by atoms with van der Waals surface area (Å²) in [5, 5.41) is 9.34. The average Bonchev–Trinajstić information content (AvgIpc) is 2.68. The minimum absolute atomic E-state index is 0.0199. The molecular weight excluding hydrogens is 320 g/mol. The number of hydrogen-bond acceptors (Lipinski definition) is 5. The number of rotatable bonds is 4. The van der Waals surface area contributed by atoms with Gasteiger partial charge in [-0.2, -0.15) is 0 Å². The van der Waals surface area contributed by atoms with Crippen molar-refractivity contribution < 1.29 is 24.1 Å². The van der Waals surface area contributed by atoms with Gasteiger partial charge in [-0.1, -0.05) is 48.5 Å². The van der Waals surface area contributed by atoms with E-state index in [-0.39, 0.29) is 12.7 Å². The van der Waals surface area contributed by atoms with Crippen LogP contribution in [0.25, 0.3) is 11.1 Å². The Bertz CT molecular complexity index is 776. The summed E-state index contributed by atoms with van der Waals surface area (Å²) in [4.78, 5) is 0. The molecule has 0 spiro atoms. The van der Waals surface area contributed by atoms with Crippen LogP contribution in [-0.4, -0.2) is 38.6 Å². The molecule has 5 heteroatoms. The lowest BCUT2D eigenvalue weighted by Gasteiger charge is -2.55. The summed E-state index contributed by atoms with van der Waals surface area (Å²) in [6.45, 7) is 0.335. The molecule has 1 aliphatic heterocycles. The number of aliphatic hydroxyl groups is 1. The molecule has 5 nitrogen and oxygen atoms in total. The third-order valence-corrected chi connectivity index (χ3v) is 5.12. The highest BCUT2D eigenvalue weighted by atomic mass is 16.8. The lowest BCUT2D eigenvalue weighted by Crippen LogP contribution is -2.63. The Balaban J connectivity index is 2.00. The second-order valence-corrected chi connectivity index (χ2v) is 6.30. The van der Waals surface area contributed by atoms with Crippen molar-refractivity contribution >= 4 is 0 Å². The molecule has 4 rings (SSSR count). The second-order valence-electron chi connectivity index (χ2n) is 6.30. The molecule has 1 aliphatic carbocycles. The molecule has 0 radical (unpaired) electrons. The summed E-state index contributed by atoms with van der Waals surface area (Å²) in [6.07, 6.45) is 0.181. The zero-order valence-electron chi connectivity index (χ0n) is 14.4. The number of hydrogen-bond donors (Lipinski definition) is 1. The van der Waals surface area contributed by atoms with Gasteiger partial charge in [-0.25, -0.2) is 0 Å². The van der Waals surface area contributed by atoms with Crippen LogP contribution in [0.2, 0.25) is 0 Å². The maximum Gasteiger partial charge on any atom is 0.256 e. The van der Waals surface area contributed by atoms with E-state index in [0.29, 0.717) is 13.0 Å². The molecule has 0 saturated carbocycles. The number of benzene rings is 2. The van der Waals surface area contributed by atoms with Crippen LogP contribution in [0.15, 0.2) is 48.5 Å². The normalized spacial score (nSPS) is 30.3. The highest BCUT2D eigenvalue weighted by Gasteiger charge is 2.65. The van der Waals surface area contributed by atoms with Crippen LogP contribution in [0.5, 0.6) is 0 Å². The molecule has 1 fully saturated rings. The molecular formula is C20H22O5. The van der Waals surface area contributed by atoms with Crippen LogP contribution < -0.4 is 0 Å². The fourth-order valence-electron chi connectivity index (χ4n) is 4.04. The Morgan fingerprint density at radius 3 is 2.08 bits per heavy atom. The van der Waals surface area contributed by atoms with Gasteiger partial charge in [0.1, 0.15) is 0 Å². The van der Waals surface area contributed by atoms with Crippen LogP contribution in [-0.2, 0) is 30.5 Å². The second kappa shape index (κ2) is 6.20. The van der Waals surface area contributed by atoms with Crippen molar-refractivity contribution in [3.8, 4) is 11.1 Å². The minimum Gasteiger partial charge on any atom is -0.396 e. The molecule has 0 bridgehead atoms. The fraction of sp³-hybridized carbons (Fsp3) is 0.400. The standard InChI is InChI=1S/C20H22O5/c1-22-19-17-9-5-3-7-15(17)16-8-4-6-10-18(16)20(19,23-2)25-14(11-12-21)13-24-19/h3-10,14,21H,11-13H2,1-2H3/t14-,19+,20+/m1/s1. The van der Waals surface area contributed by atoms with E-state index in [1.807, 2.05) is 42.5 Å². The van der Waals surface area contributed by atoms with Crippen LogP contribution in [0.4, 0.5) is 0 Å². The van der Waals surface area contributed by atoms with Crippen LogP contribution in [0.3, 0.4) is 0 Å². The first-order chi connectivity index (χ1) is 12.2. The smallest absolute Gasteiger partial charge is 0.256 e. The first kappa shape index (κ1) is 16.7. The highest BCUT2D eigenvalue weighted by molar-refractivity contribution is 5.76. The van der Waals surface area contributed by atoms with Gasteiger partial charge >= 0.3 is 0 Å². The van der Waals surface area contributed by atoms with E-state index in [4.69, 9.17) is 18.9 Å². The molecule has 2 aromatic carbocycles. The van der Waals surface area contributed by atoms with Gasteiger partial charge in [0.05, 0.1) is 12.7 Å². The molecule has 0 unspecified atom stereocenters. The molecule has 1 saturated heterocycles. The van der Waals surface area contributed by atoms with Gasteiger partial charge in [-0.15, -0.1) is 0 Å². The SMILES string of the molecule is CO[C@@]12OC[C@@H](CCO)O[C@@]1(OC)c1ccccc1-c1ccccc12. The van der Waals surface area contributed by atoms with E-state index in [9.17, 15) is 5.11 Å². The van der Waals surface area contributed by atoms with Crippen molar-refractivity contribution in [1.82, 2.24) is 0 Å². The number of aliphatic hydroxyl groups excluding tert-OH is 1. The summed E-state index contributed by atoms with van der Waals surface area (Å²) >= 11 is 0. The van der Waals surface area contributed by atoms with Crippen molar-refractivity contribution in [3.05, 3.63) is 59.7 Å². The predicted octanol–water partition coefficient (Wildman–Crippen LogP) is 2.76. The summed E-state index contributed by atoms with van der Waals surface area (Å²) in [5.41, 5.74) is 3.80. The topological polar surface area (TPSA) is 57.2 Å². The third kappa shape index (κ3) is 2.14. The number of fused-ring (bicyclic) bond motifs is 6. The molecule has 2 aliphatic rings. The molecule has 3 atom stereocenters. The first-order valence-corrected chi connectivity index (χ1v) is 8.44. The Hall–Kier alpha value is -1.76. The van der Waals surface area contributed by atoms with Crippen molar-refractivity contribution in [2.75, 3.05) is 27.4 Å². The molecule has 2 aromatic rings. The summed E-state index contributed by atoms with van der Waals surface area (Å²) in [7, 11) is 3.21. The quantitative estimate of drug-likeness (QED) is 0.926. The lowest BCUT2D eigenvalue weighted by molar-refractivity contribution is -0.463. The van der Waals surface area contributed by atoms with Gasteiger partial charge in [-0.3, -0.25) is 0 Å². The molecule has 0 aromatic heterocycles. The Kier molecular flexibility index (Phi) is 4.14. The van der Waals surface area contributed by atoms with Crippen LogP contribution >= 0.6 is 0 Å². The van der Waals surface area contributed by atoms with Crippen molar-refractivity contribution in [2.24, 2.45) is 0 Å². The highest BCUT2D eigenvalue weighted by Crippen LogP contribution is 2.58. The van der Waals surface area contributed by atoms with E-state index < -0.39 is 11.6 Å². The summed E-state index contributed by atoms with van der Waals surface area (Å²) < 4.78 is 24.6. The first-order valence-electron chi connectivity index (χ1n) is 8.44. The number of ether oxygens (including phenoxy) is 4. The lowest BCUT2D eigenvalue weighted by atomic mass is 9.76. The number of methoxy groups -OCH3 is 2. The van der Waals surface area contributed by atoms with Crippen molar-refractivity contribution in [3.63, 3.8) is 0 Å². The van der Waals surface area contributed by atoms with E-state index in [1.54, 1.807) is 14.2 Å². The van der Waals surface area contributed by atoms with Crippen LogP contribution in [0.1, 0.15) is 17.5 Å². The zero-order chi connectivity index (χ0) is 17.5. The molecule has 1 heterocycles. The maximum absolute atomic E-state index is 9.34. The summed E-state index contributed by atoms with van der Waals surface area (Å²) in [6, 6.07) is 16.0. The van der Waals surface area contributed by atoms with E-state index in [1.165, 1.54) is 0 Å². The zero-order valence-corrected chi connectivity index (χ0v) is 14.4. The average molecular weight is 342 g/mol. The Morgan fingerprint density at radius 1 is 0.960 bits per heavy atom. The van der Waals surface area contributed by atoms with Gasteiger partial charge in [0, 0.05) is 32.0 Å². The van der Waals surface area contributed by atoms with E-state index >= 15 is 0 Å². The van der Waals surface area contributed by atoms with Crippen molar-refractivity contribution in [1.29, 1.82) is 0 Å². The van der Waals surface area contributed by atoms with E-state index in [0.717, 1.165) is 22.3 Å².